The lowest BCUT2D eigenvalue weighted by Crippen LogP contribution is -2.13. The van der Waals surface area contributed by atoms with Crippen molar-refractivity contribution in [1.82, 2.24) is 0 Å². The van der Waals surface area contributed by atoms with Crippen molar-refractivity contribution < 1.29 is 13.6 Å². The van der Waals surface area contributed by atoms with Crippen LogP contribution in [0.3, 0.4) is 0 Å². The molecule has 1 aliphatic carbocycles. The summed E-state index contributed by atoms with van der Waals surface area (Å²) in [6, 6.07) is 0. The first kappa shape index (κ1) is 9.69. The molecule has 0 heterocycles. The summed E-state index contributed by atoms with van der Waals surface area (Å²) in [4.78, 5) is 0. The third kappa shape index (κ3) is 3.33. The van der Waals surface area contributed by atoms with Gasteiger partial charge in [-0.2, -0.15) is 0 Å². The Bertz CT molecular complexity index is 164. The maximum Gasteiger partial charge on any atom is 0.749 e. The van der Waals surface area contributed by atoms with Crippen molar-refractivity contribution in [2.75, 3.05) is 0 Å². The van der Waals surface area contributed by atoms with E-state index in [1.165, 1.54) is 19.3 Å². The summed E-state index contributed by atoms with van der Waals surface area (Å²) in [7, 11) is -1.97. The minimum absolute atomic E-state index is 0.127. The Hall–Kier alpha value is -0.400. The molecule has 1 fully saturated rings. The van der Waals surface area contributed by atoms with E-state index in [9.17, 15) is 4.57 Å². The highest BCUT2D eigenvalue weighted by Crippen LogP contribution is 2.32. The summed E-state index contributed by atoms with van der Waals surface area (Å²) in [5.74, 6) is 0. The zero-order valence-electron chi connectivity index (χ0n) is 7.07. The fourth-order valence-electron chi connectivity index (χ4n) is 1.38. The van der Waals surface area contributed by atoms with Crippen LogP contribution in [-0.2, 0) is 13.6 Å². The van der Waals surface area contributed by atoms with Crippen LogP contribution in [0, 0.1) is 0 Å². The molecule has 0 aromatic rings. The van der Waals surface area contributed by atoms with E-state index >= 15 is 0 Å². The number of hydrogen-bond acceptors (Lipinski definition) is 3. The first-order valence-electron chi connectivity index (χ1n) is 4.24. The summed E-state index contributed by atoms with van der Waals surface area (Å²) in [6.07, 6.45) is 6.88. The van der Waals surface area contributed by atoms with Crippen LogP contribution < -0.4 is 0 Å². The van der Waals surface area contributed by atoms with Gasteiger partial charge in [-0.25, -0.2) is 4.52 Å². The van der Waals surface area contributed by atoms with Gasteiger partial charge in [-0.1, -0.05) is 25.8 Å². The van der Waals surface area contributed by atoms with E-state index in [1.807, 2.05) is 0 Å². The van der Waals surface area contributed by atoms with Crippen molar-refractivity contribution in [3.63, 3.8) is 0 Å². The predicted octanol–water partition coefficient (Wildman–Crippen LogP) is 3.15. The summed E-state index contributed by atoms with van der Waals surface area (Å²) < 4.78 is 20.7. The molecule has 1 atom stereocenters. The first-order chi connectivity index (χ1) is 5.83. The Balaban J connectivity index is 2.19. The molecular formula is C8H14O3P+. The largest absolute Gasteiger partial charge is 0.749 e. The average Bonchev–Trinajstić information content (AvgIpc) is 2.06. The molecule has 0 aromatic heterocycles. The summed E-state index contributed by atoms with van der Waals surface area (Å²) in [6.45, 7) is 3.31. The van der Waals surface area contributed by atoms with Gasteiger partial charge in [0.1, 0.15) is 12.4 Å². The van der Waals surface area contributed by atoms with Crippen LogP contribution in [0.4, 0.5) is 0 Å². The molecule has 0 spiro atoms. The van der Waals surface area contributed by atoms with E-state index in [2.05, 4.69) is 11.1 Å². The fourth-order valence-corrected chi connectivity index (χ4v) is 2.00. The molecule has 3 nitrogen and oxygen atoms in total. The molecule has 4 heteroatoms. The molecule has 68 valence electrons. The van der Waals surface area contributed by atoms with Gasteiger partial charge < -0.3 is 0 Å². The molecule has 0 aromatic carbocycles. The second-order valence-electron chi connectivity index (χ2n) is 2.86. The Labute approximate surface area is 73.7 Å². The van der Waals surface area contributed by atoms with Gasteiger partial charge in [0.2, 0.25) is 0 Å². The van der Waals surface area contributed by atoms with Crippen molar-refractivity contribution in [2.45, 2.75) is 38.2 Å². The van der Waals surface area contributed by atoms with E-state index in [1.54, 1.807) is 0 Å². The lowest BCUT2D eigenvalue weighted by atomic mass is 9.98. The molecule has 12 heavy (non-hydrogen) atoms. The average molecular weight is 189 g/mol. The van der Waals surface area contributed by atoms with E-state index in [4.69, 9.17) is 4.52 Å². The maximum atomic E-state index is 10.9. The highest BCUT2D eigenvalue weighted by molar-refractivity contribution is 7.33. The highest BCUT2D eigenvalue weighted by atomic mass is 31.1. The van der Waals surface area contributed by atoms with Crippen LogP contribution in [0.5, 0.6) is 0 Å². The van der Waals surface area contributed by atoms with Gasteiger partial charge in [-0.15, -0.1) is 4.52 Å². The van der Waals surface area contributed by atoms with Crippen molar-refractivity contribution in [1.29, 1.82) is 0 Å². The maximum absolute atomic E-state index is 10.9. The SMILES string of the molecule is C=CO[P+](=O)OC1CCCCC1. The van der Waals surface area contributed by atoms with Gasteiger partial charge >= 0.3 is 8.25 Å². The van der Waals surface area contributed by atoms with Gasteiger partial charge in [0.15, 0.2) is 0 Å². The van der Waals surface area contributed by atoms with Crippen LogP contribution in [-0.4, -0.2) is 6.10 Å². The minimum atomic E-state index is -1.97. The molecule has 1 unspecified atom stereocenters. The van der Waals surface area contributed by atoms with E-state index < -0.39 is 8.25 Å². The van der Waals surface area contributed by atoms with E-state index in [0.29, 0.717) is 0 Å². The molecule has 1 aliphatic rings. The van der Waals surface area contributed by atoms with Crippen LogP contribution >= 0.6 is 8.25 Å². The number of hydrogen-bond donors (Lipinski definition) is 0. The summed E-state index contributed by atoms with van der Waals surface area (Å²) in [5.41, 5.74) is 0. The van der Waals surface area contributed by atoms with Crippen molar-refractivity contribution >= 4 is 8.25 Å². The molecule has 1 saturated carbocycles. The Morgan fingerprint density at radius 2 is 2.00 bits per heavy atom. The molecule has 0 saturated heterocycles. The van der Waals surface area contributed by atoms with Gasteiger partial charge in [-0.3, -0.25) is 0 Å². The van der Waals surface area contributed by atoms with Gasteiger partial charge in [0, 0.05) is 4.57 Å². The van der Waals surface area contributed by atoms with Crippen LogP contribution in [0.1, 0.15) is 32.1 Å². The summed E-state index contributed by atoms with van der Waals surface area (Å²) >= 11 is 0. The van der Waals surface area contributed by atoms with Crippen molar-refractivity contribution in [2.24, 2.45) is 0 Å². The second-order valence-corrected chi connectivity index (χ2v) is 3.73. The van der Waals surface area contributed by atoms with Crippen LogP contribution in [0.2, 0.25) is 0 Å². The minimum Gasteiger partial charge on any atom is -0.238 e. The fraction of sp³-hybridized carbons (Fsp3) is 0.750. The quantitative estimate of drug-likeness (QED) is 0.503. The third-order valence-corrected chi connectivity index (χ3v) is 2.74. The predicted molar refractivity (Wildman–Crippen MR) is 46.8 cm³/mol. The van der Waals surface area contributed by atoms with Crippen molar-refractivity contribution in [3.05, 3.63) is 12.8 Å². The normalized spacial score (nSPS) is 20.2. The third-order valence-electron chi connectivity index (χ3n) is 1.95. The number of rotatable bonds is 4. The van der Waals surface area contributed by atoms with E-state index in [0.717, 1.165) is 19.1 Å². The van der Waals surface area contributed by atoms with Gasteiger partial charge in [0.25, 0.3) is 0 Å². The highest BCUT2D eigenvalue weighted by Gasteiger charge is 2.27. The second kappa shape index (κ2) is 5.28. The van der Waals surface area contributed by atoms with Crippen LogP contribution in [0.15, 0.2) is 12.8 Å². The Morgan fingerprint density at radius 1 is 1.33 bits per heavy atom. The standard InChI is InChI=1S/C8H14O3P/c1-2-10-12(9)11-8-6-4-3-5-7-8/h2,8H,1,3-7H2/q+1. The molecule has 0 amide bonds. The summed E-state index contributed by atoms with van der Waals surface area (Å²) in [5, 5.41) is 0. The zero-order valence-corrected chi connectivity index (χ0v) is 7.96. The Morgan fingerprint density at radius 3 is 2.58 bits per heavy atom. The Kier molecular flexibility index (Phi) is 4.26. The molecule has 0 aliphatic heterocycles. The first-order valence-corrected chi connectivity index (χ1v) is 5.34. The smallest absolute Gasteiger partial charge is 0.238 e. The molecule has 0 bridgehead atoms. The lowest BCUT2D eigenvalue weighted by Gasteiger charge is -2.14. The lowest BCUT2D eigenvalue weighted by molar-refractivity contribution is 0.144. The van der Waals surface area contributed by atoms with Gasteiger partial charge in [0.05, 0.1) is 0 Å². The topological polar surface area (TPSA) is 35.5 Å². The van der Waals surface area contributed by atoms with Crippen molar-refractivity contribution in [3.8, 4) is 0 Å². The molecule has 0 N–H and O–H groups in total. The molecule has 1 rings (SSSR count). The zero-order chi connectivity index (χ0) is 8.81. The molecular weight excluding hydrogens is 175 g/mol. The monoisotopic (exact) mass is 189 g/mol. The van der Waals surface area contributed by atoms with E-state index in [-0.39, 0.29) is 6.10 Å². The molecule has 0 radical (unpaired) electrons. The van der Waals surface area contributed by atoms with Gasteiger partial charge in [-0.05, 0) is 12.8 Å². The van der Waals surface area contributed by atoms with Crippen LogP contribution in [0.25, 0.3) is 0 Å².